The molecule has 4 aromatic rings. The highest BCUT2D eigenvalue weighted by molar-refractivity contribution is 7.89. The molecule has 1 aliphatic rings. The lowest BCUT2D eigenvalue weighted by atomic mass is 10.1. The van der Waals surface area contributed by atoms with Crippen LogP contribution in [-0.2, 0) is 16.6 Å². The van der Waals surface area contributed by atoms with E-state index in [0.717, 1.165) is 34.6 Å². The first kappa shape index (κ1) is 19.9. The molecule has 5 rings (SSSR count). The topological polar surface area (TPSA) is 83.9 Å². The molecule has 7 nitrogen and oxygen atoms in total. The molecular weight excluding hydrogens is 417 g/mol. The average Bonchev–Trinajstić information content (AvgIpc) is 3.49. The molecule has 1 fully saturated rings. The van der Waals surface area contributed by atoms with Crippen molar-refractivity contribution in [3.05, 3.63) is 66.7 Å². The van der Waals surface area contributed by atoms with Crippen LogP contribution in [0.4, 0.5) is 4.39 Å². The molecule has 0 radical (unpaired) electrons. The van der Waals surface area contributed by atoms with Gasteiger partial charge in [0.15, 0.2) is 0 Å². The Balaban J connectivity index is 1.36. The molecule has 2 aromatic carbocycles. The van der Waals surface area contributed by atoms with Gasteiger partial charge in [0.2, 0.25) is 10.0 Å². The third kappa shape index (κ3) is 3.64. The maximum absolute atomic E-state index is 13.6. The third-order valence-corrected chi connectivity index (χ3v) is 7.92. The second kappa shape index (κ2) is 7.58. The van der Waals surface area contributed by atoms with Crippen LogP contribution in [0.3, 0.4) is 0 Å². The standard InChI is InChI=1S/C22H22FN5O2S/c1-15-9-16(14-28(15)31(29,30)20-4-2-3-19(23)11-20)13-27-8-7-18-10-17(5-6-22(18)27)21-12-24-26-25-21/h2-8,10-12,15-16H,9,13-14H2,1H3,(H,24,25,26)/t15-,16?/m0/s1. The SMILES string of the molecule is C[C@H]1CC(Cn2ccc3cc(-c4cn[nH]n4)ccc32)CN1S(=O)(=O)c1cccc(F)c1. The van der Waals surface area contributed by atoms with Crippen LogP contribution in [0.2, 0.25) is 0 Å². The van der Waals surface area contributed by atoms with Crippen LogP contribution in [-0.4, -0.2) is 45.3 Å². The number of aromatic amines is 1. The largest absolute Gasteiger partial charge is 0.347 e. The van der Waals surface area contributed by atoms with Gasteiger partial charge < -0.3 is 4.57 Å². The normalized spacial score (nSPS) is 19.9. The predicted molar refractivity (Wildman–Crippen MR) is 115 cm³/mol. The van der Waals surface area contributed by atoms with E-state index in [9.17, 15) is 12.8 Å². The molecule has 3 heterocycles. The van der Waals surface area contributed by atoms with E-state index in [-0.39, 0.29) is 16.9 Å². The monoisotopic (exact) mass is 439 g/mol. The second-order valence-electron chi connectivity index (χ2n) is 8.08. The molecule has 1 N–H and O–H groups in total. The average molecular weight is 440 g/mol. The van der Waals surface area contributed by atoms with Crippen molar-refractivity contribution in [3.8, 4) is 11.3 Å². The Kier molecular flexibility index (Phi) is 4.86. The van der Waals surface area contributed by atoms with E-state index < -0.39 is 15.8 Å². The quantitative estimate of drug-likeness (QED) is 0.514. The molecule has 1 unspecified atom stereocenters. The van der Waals surface area contributed by atoms with Gasteiger partial charge in [0.25, 0.3) is 0 Å². The van der Waals surface area contributed by atoms with E-state index in [2.05, 4.69) is 38.2 Å². The van der Waals surface area contributed by atoms with Crippen LogP contribution in [0, 0.1) is 11.7 Å². The lowest BCUT2D eigenvalue weighted by Crippen LogP contribution is -2.34. The zero-order valence-electron chi connectivity index (χ0n) is 16.9. The number of rotatable bonds is 5. The van der Waals surface area contributed by atoms with Gasteiger partial charge in [-0.25, -0.2) is 12.8 Å². The number of fused-ring (bicyclic) bond motifs is 1. The number of nitrogens with one attached hydrogen (secondary N) is 1. The molecular formula is C22H22FN5O2S. The van der Waals surface area contributed by atoms with Crippen LogP contribution in [0.5, 0.6) is 0 Å². The highest BCUT2D eigenvalue weighted by Gasteiger charge is 2.38. The highest BCUT2D eigenvalue weighted by atomic mass is 32.2. The fourth-order valence-electron chi connectivity index (χ4n) is 4.48. The van der Waals surface area contributed by atoms with Crippen molar-refractivity contribution in [2.75, 3.05) is 6.54 Å². The summed E-state index contributed by atoms with van der Waals surface area (Å²) in [6.07, 6.45) is 4.47. The predicted octanol–water partition coefficient (Wildman–Crippen LogP) is 3.66. The molecule has 0 aliphatic carbocycles. The number of H-pyrrole nitrogens is 1. The fourth-order valence-corrected chi connectivity index (χ4v) is 6.23. The lowest BCUT2D eigenvalue weighted by molar-refractivity contribution is 0.399. The van der Waals surface area contributed by atoms with Gasteiger partial charge in [-0.2, -0.15) is 19.7 Å². The zero-order chi connectivity index (χ0) is 21.6. The zero-order valence-corrected chi connectivity index (χ0v) is 17.8. The molecule has 0 bridgehead atoms. The number of halogens is 1. The van der Waals surface area contributed by atoms with Crippen molar-refractivity contribution >= 4 is 20.9 Å². The number of aromatic nitrogens is 4. The Labute approximate surface area is 179 Å². The van der Waals surface area contributed by atoms with E-state index in [0.29, 0.717) is 13.1 Å². The summed E-state index contributed by atoms with van der Waals surface area (Å²) in [5.74, 6) is -0.377. The number of benzene rings is 2. The summed E-state index contributed by atoms with van der Waals surface area (Å²) in [4.78, 5) is 0.00630. The minimum absolute atomic E-state index is 0.00630. The van der Waals surface area contributed by atoms with Crippen LogP contribution >= 0.6 is 0 Å². The van der Waals surface area contributed by atoms with Crippen LogP contribution in [0.25, 0.3) is 22.2 Å². The summed E-state index contributed by atoms with van der Waals surface area (Å²) >= 11 is 0. The van der Waals surface area contributed by atoms with E-state index in [4.69, 9.17) is 0 Å². The third-order valence-electron chi connectivity index (χ3n) is 5.94. The van der Waals surface area contributed by atoms with Gasteiger partial charge in [0, 0.05) is 41.8 Å². The smallest absolute Gasteiger partial charge is 0.243 e. The number of hydrogen-bond donors (Lipinski definition) is 1. The summed E-state index contributed by atoms with van der Waals surface area (Å²) in [7, 11) is -3.73. The Morgan fingerprint density at radius 1 is 1.19 bits per heavy atom. The van der Waals surface area contributed by atoms with Gasteiger partial charge >= 0.3 is 0 Å². The molecule has 2 atom stereocenters. The van der Waals surface area contributed by atoms with E-state index >= 15 is 0 Å². The van der Waals surface area contributed by atoms with Crippen molar-refractivity contribution in [3.63, 3.8) is 0 Å². The Bertz CT molecular complexity index is 1330. The summed E-state index contributed by atoms with van der Waals surface area (Å²) in [6, 6.07) is 13.3. The van der Waals surface area contributed by atoms with Gasteiger partial charge in [-0.05, 0) is 55.7 Å². The summed E-state index contributed by atoms with van der Waals surface area (Å²) in [6.45, 7) is 3.04. The maximum Gasteiger partial charge on any atom is 0.243 e. The number of nitrogens with zero attached hydrogens (tertiary/aromatic N) is 4. The summed E-state index contributed by atoms with van der Waals surface area (Å²) in [5, 5.41) is 11.7. The van der Waals surface area contributed by atoms with Crippen molar-refractivity contribution in [1.29, 1.82) is 0 Å². The lowest BCUT2D eigenvalue weighted by Gasteiger charge is -2.21. The number of hydrogen-bond acceptors (Lipinski definition) is 4. The first-order chi connectivity index (χ1) is 14.9. The Morgan fingerprint density at radius 3 is 2.84 bits per heavy atom. The Hall–Kier alpha value is -3.04. The van der Waals surface area contributed by atoms with Crippen molar-refractivity contribution in [2.45, 2.75) is 30.8 Å². The second-order valence-corrected chi connectivity index (χ2v) is 9.97. The first-order valence-electron chi connectivity index (χ1n) is 10.1. The maximum atomic E-state index is 13.6. The first-order valence-corrected chi connectivity index (χ1v) is 11.6. The highest BCUT2D eigenvalue weighted by Crippen LogP contribution is 2.32. The molecule has 1 saturated heterocycles. The van der Waals surface area contributed by atoms with Crippen LogP contribution in [0.1, 0.15) is 13.3 Å². The van der Waals surface area contributed by atoms with Crippen molar-refractivity contribution in [1.82, 2.24) is 24.3 Å². The van der Waals surface area contributed by atoms with E-state index in [1.165, 1.54) is 22.5 Å². The van der Waals surface area contributed by atoms with Gasteiger partial charge in [0.05, 0.1) is 11.1 Å². The molecule has 1 aliphatic heterocycles. The molecule has 160 valence electrons. The molecule has 2 aromatic heterocycles. The molecule has 9 heteroatoms. The van der Waals surface area contributed by atoms with E-state index in [1.54, 1.807) is 6.20 Å². The van der Waals surface area contributed by atoms with Gasteiger partial charge in [-0.1, -0.05) is 12.1 Å². The number of sulfonamides is 1. The van der Waals surface area contributed by atoms with Gasteiger partial charge in [-0.15, -0.1) is 0 Å². The van der Waals surface area contributed by atoms with Crippen LogP contribution < -0.4 is 0 Å². The van der Waals surface area contributed by atoms with Crippen molar-refractivity contribution in [2.24, 2.45) is 5.92 Å². The van der Waals surface area contributed by atoms with Crippen LogP contribution in [0.15, 0.2) is 65.8 Å². The molecule has 31 heavy (non-hydrogen) atoms. The van der Waals surface area contributed by atoms with Crippen molar-refractivity contribution < 1.29 is 12.8 Å². The van der Waals surface area contributed by atoms with Gasteiger partial charge in [-0.3, -0.25) is 0 Å². The summed E-state index contributed by atoms with van der Waals surface area (Å²) < 4.78 is 43.3. The van der Waals surface area contributed by atoms with Gasteiger partial charge in [0.1, 0.15) is 11.5 Å². The molecule has 0 amide bonds. The van der Waals surface area contributed by atoms with E-state index in [1.807, 2.05) is 19.2 Å². The Morgan fingerprint density at radius 2 is 2.06 bits per heavy atom. The molecule has 0 spiro atoms. The molecule has 0 saturated carbocycles. The fraction of sp³-hybridized carbons (Fsp3) is 0.273. The minimum Gasteiger partial charge on any atom is -0.347 e. The minimum atomic E-state index is -3.73. The summed E-state index contributed by atoms with van der Waals surface area (Å²) in [5.41, 5.74) is 2.87.